The van der Waals surface area contributed by atoms with Crippen molar-refractivity contribution in [2.24, 2.45) is 0 Å². The molecule has 1 aromatic rings. The standard InChI is InChI=1S/C12H15F3N2/c1-9-5-2-3-8-17(9)11-10(12(13,14)15)6-4-7-16-11/h4,6-7,9H,2-3,5,8H2,1H3. The molecular weight excluding hydrogens is 229 g/mol. The quantitative estimate of drug-likeness (QED) is 0.751. The molecule has 5 heteroatoms. The van der Waals surface area contributed by atoms with Gasteiger partial charge in [-0.25, -0.2) is 4.98 Å². The maximum atomic E-state index is 12.9. The van der Waals surface area contributed by atoms with E-state index in [2.05, 4.69) is 4.98 Å². The van der Waals surface area contributed by atoms with E-state index in [0.717, 1.165) is 25.3 Å². The van der Waals surface area contributed by atoms with E-state index in [9.17, 15) is 13.2 Å². The summed E-state index contributed by atoms with van der Waals surface area (Å²) in [5, 5.41) is 0. The average molecular weight is 244 g/mol. The van der Waals surface area contributed by atoms with E-state index in [0.29, 0.717) is 6.54 Å². The maximum absolute atomic E-state index is 12.9. The Kier molecular flexibility index (Phi) is 3.26. The highest BCUT2D eigenvalue weighted by Crippen LogP contribution is 2.36. The van der Waals surface area contributed by atoms with E-state index in [-0.39, 0.29) is 11.9 Å². The van der Waals surface area contributed by atoms with Gasteiger partial charge >= 0.3 is 6.18 Å². The van der Waals surface area contributed by atoms with Crippen molar-refractivity contribution in [3.63, 3.8) is 0 Å². The first-order chi connectivity index (χ1) is 8.00. The molecule has 1 saturated heterocycles. The highest BCUT2D eigenvalue weighted by Gasteiger charge is 2.36. The minimum atomic E-state index is -4.33. The van der Waals surface area contributed by atoms with Crippen LogP contribution in [0, 0.1) is 0 Å². The first-order valence-corrected chi connectivity index (χ1v) is 5.79. The van der Waals surface area contributed by atoms with Gasteiger partial charge in [-0.3, -0.25) is 0 Å². The number of alkyl halides is 3. The van der Waals surface area contributed by atoms with Crippen molar-refractivity contribution >= 4 is 5.82 Å². The summed E-state index contributed by atoms with van der Waals surface area (Å²) in [4.78, 5) is 5.70. The lowest BCUT2D eigenvalue weighted by Crippen LogP contribution is -2.39. The largest absolute Gasteiger partial charge is 0.419 e. The summed E-state index contributed by atoms with van der Waals surface area (Å²) in [6.07, 6.45) is 0.0184. The molecule has 1 fully saturated rings. The van der Waals surface area contributed by atoms with Gasteiger partial charge in [0.25, 0.3) is 0 Å². The molecule has 0 bridgehead atoms. The van der Waals surface area contributed by atoms with Gasteiger partial charge in [-0.2, -0.15) is 13.2 Å². The van der Waals surface area contributed by atoms with Crippen LogP contribution >= 0.6 is 0 Å². The number of hydrogen-bond acceptors (Lipinski definition) is 2. The molecule has 2 heterocycles. The van der Waals surface area contributed by atoms with Crippen LogP contribution in [0.4, 0.5) is 19.0 Å². The van der Waals surface area contributed by atoms with Crippen LogP contribution in [0.1, 0.15) is 31.7 Å². The van der Waals surface area contributed by atoms with Crippen molar-refractivity contribution in [2.45, 2.75) is 38.4 Å². The Bertz CT molecular complexity index is 390. The van der Waals surface area contributed by atoms with Crippen molar-refractivity contribution in [3.8, 4) is 0 Å². The summed E-state index contributed by atoms with van der Waals surface area (Å²) in [6, 6.07) is 2.56. The third-order valence-corrected chi connectivity index (χ3v) is 3.17. The highest BCUT2D eigenvalue weighted by molar-refractivity contribution is 5.49. The van der Waals surface area contributed by atoms with E-state index in [4.69, 9.17) is 0 Å². The number of hydrogen-bond donors (Lipinski definition) is 0. The molecule has 0 aliphatic carbocycles. The summed E-state index contributed by atoms with van der Waals surface area (Å²) in [5.74, 6) is 0.0761. The topological polar surface area (TPSA) is 16.1 Å². The molecule has 17 heavy (non-hydrogen) atoms. The normalized spacial score (nSPS) is 21.6. The van der Waals surface area contributed by atoms with E-state index in [1.54, 1.807) is 4.90 Å². The Morgan fingerprint density at radius 3 is 2.76 bits per heavy atom. The van der Waals surface area contributed by atoms with E-state index >= 15 is 0 Å². The highest BCUT2D eigenvalue weighted by atomic mass is 19.4. The fourth-order valence-corrected chi connectivity index (χ4v) is 2.26. The van der Waals surface area contributed by atoms with Gasteiger partial charge in [0.15, 0.2) is 0 Å². The predicted octanol–water partition coefficient (Wildman–Crippen LogP) is 3.48. The maximum Gasteiger partial charge on any atom is 0.419 e. The van der Waals surface area contributed by atoms with E-state index in [1.807, 2.05) is 6.92 Å². The zero-order valence-corrected chi connectivity index (χ0v) is 9.67. The predicted molar refractivity (Wildman–Crippen MR) is 59.9 cm³/mol. The van der Waals surface area contributed by atoms with Gasteiger partial charge in [0.1, 0.15) is 5.82 Å². The Morgan fingerprint density at radius 2 is 2.12 bits per heavy atom. The van der Waals surface area contributed by atoms with Crippen LogP contribution < -0.4 is 4.90 Å². The Hall–Kier alpha value is -1.26. The van der Waals surface area contributed by atoms with Gasteiger partial charge in [0, 0.05) is 18.8 Å². The summed E-state index contributed by atoms with van der Waals surface area (Å²) in [5.41, 5.74) is -0.631. The monoisotopic (exact) mass is 244 g/mol. The lowest BCUT2D eigenvalue weighted by Gasteiger charge is -2.35. The van der Waals surface area contributed by atoms with Gasteiger partial charge in [0.2, 0.25) is 0 Å². The first kappa shape index (κ1) is 12.2. The Labute approximate surface area is 98.5 Å². The molecule has 1 aromatic heterocycles. The van der Waals surface area contributed by atoms with Crippen molar-refractivity contribution in [1.29, 1.82) is 0 Å². The minimum absolute atomic E-state index is 0.0761. The minimum Gasteiger partial charge on any atom is -0.353 e. The van der Waals surface area contributed by atoms with Crippen LogP contribution in [-0.4, -0.2) is 17.6 Å². The fraction of sp³-hybridized carbons (Fsp3) is 0.583. The Morgan fingerprint density at radius 1 is 1.35 bits per heavy atom. The number of halogens is 3. The molecule has 0 spiro atoms. The number of nitrogens with zero attached hydrogens (tertiary/aromatic N) is 2. The SMILES string of the molecule is CC1CCCCN1c1ncccc1C(F)(F)F. The second-order valence-electron chi connectivity index (χ2n) is 4.41. The molecule has 94 valence electrons. The molecular formula is C12H15F3N2. The van der Waals surface area contributed by atoms with Crippen molar-refractivity contribution in [2.75, 3.05) is 11.4 Å². The van der Waals surface area contributed by atoms with Crippen LogP contribution in [-0.2, 0) is 6.18 Å². The average Bonchev–Trinajstić information content (AvgIpc) is 2.28. The molecule has 2 rings (SSSR count). The molecule has 0 radical (unpaired) electrons. The van der Waals surface area contributed by atoms with Crippen LogP contribution in [0.5, 0.6) is 0 Å². The molecule has 0 amide bonds. The van der Waals surface area contributed by atoms with Crippen LogP contribution in [0.15, 0.2) is 18.3 Å². The lowest BCUT2D eigenvalue weighted by molar-refractivity contribution is -0.137. The van der Waals surface area contributed by atoms with Gasteiger partial charge in [-0.05, 0) is 38.3 Å². The number of rotatable bonds is 1. The summed E-state index contributed by atoms with van der Waals surface area (Å²) in [6.45, 7) is 2.61. The van der Waals surface area contributed by atoms with Crippen molar-refractivity contribution < 1.29 is 13.2 Å². The lowest BCUT2D eigenvalue weighted by atomic mass is 10.0. The summed E-state index contributed by atoms with van der Waals surface area (Å²) < 4.78 is 38.6. The molecule has 1 aliphatic rings. The van der Waals surface area contributed by atoms with Crippen molar-refractivity contribution in [1.82, 2.24) is 4.98 Å². The third kappa shape index (κ3) is 2.53. The van der Waals surface area contributed by atoms with E-state index in [1.165, 1.54) is 12.3 Å². The fourth-order valence-electron chi connectivity index (χ4n) is 2.26. The zero-order chi connectivity index (χ0) is 12.5. The summed E-state index contributed by atoms with van der Waals surface area (Å²) >= 11 is 0. The number of pyridine rings is 1. The number of anilines is 1. The molecule has 1 atom stereocenters. The molecule has 1 unspecified atom stereocenters. The molecule has 0 aromatic carbocycles. The summed E-state index contributed by atoms with van der Waals surface area (Å²) in [7, 11) is 0. The molecule has 2 nitrogen and oxygen atoms in total. The van der Waals surface area contributed by atoms with Crippen LogP contribution in [0.25, 0.3) is 0 Å². The van der Waals surface area contributed by atoms with Gasteiger partial charge in [-0.1, -0.05) is 0 Å². The van der Waals surface area contributed by atoms with Gasteiger partial charge in [0.05, 0.1) is 5.56 Å². The van der Waals surface area contributed by atoms with Gasteiger partial charge < -0.3 is 4.90 Å². The number of piperidine rings is 1. The number of aromatic nitrogens is 1. The Balaban J connectivity index is 2.37. The first-order valence-electron chi connectivity index (χ1n) is 5.79. The van der Waals surface area contributed by atoms with Gasteiger partial charge in [-0.15, -0.1) is 0 Å². The second kappa shape index (κ2) is 4.55. The zero-order valence-electron chi connectivity index (χ0n) is 9.67. The van der Waals surface area contributed by atoms with E-state index < -0.39 is 11.7 Å². The smallest absolute Gasteiger partial charge is 0.353 e. The third-order valence-electron chi connectivity index (χ3n) is 3.17. The second-order valence-corrected chi connectivity index (χ2v) is 4.41. The van der Waals surface area contributed by atoms with Crippen LogP contribution in [0.2, 0.25) is 0 Å². The van der Waals surface area contributed by atoms with Crippen molar-refractivity contribution in [3.05, 3.63) is 23.9 Å². The molecule has 0 saturated carbocycles. The molecule has 1 aliphatic heterocycles. The molecule has 0 N–H and O–H groups in total. The van der Waals surface area contributed by atoms with Crippen LogP contribution in [0.3, 0.4) is 0 Å².